The van der Waals surface area contributed by atoms with E-state index in [-0.39, 0.29) is 12.3 Å². The van der Waals surface area contributed by atoms with E-state index < -0.39 is 17.9 Å². The van der Waals surface area contributed by atoms with Crippen molar-refractivity contribution in [2.24, 2.45) is 5.92 Å². The molecule has 0 aliphatic heterocycles. The van der Waals surface area contributed by atoms with Crippen LogP contribution < -0.4 is 0 Å². The van der Waals surface area contributed by atoms with Crippen molar-refractivity contribution in [1.29, 1.82) is 0 Å². The molecular formula is C16H20O4. The van der Waals surface area contributed by atoms with Gasteiger partial charge in [-0.1, -0.05) is 49.4 Å². The second-order valence-corrected chi connectivity index (χ2v) is 4.46. The Morgan fingerprint density at radius 3 is 2.15 bits per heavy atom. The van der Waals surface area contributed by atoms with Gasteiger partial charge in [0.05, 0.1) is 14.2 Å². The molecule has 0 N–H and O–H groups in total. The maximum absolute atomic E-state index is 11.5. The predicted molar refractivity (Wildman–Crippen MR) is 76.1 cm³/mol. The maximum atomic E-state index is 11.5. The van der Waals surface area contributed by atoms with Gasteiger partial charge in [-0.2, -0.15) is 0 Å². The molecule has 0 aliphatic carbocycles. The molecule has 0 fully saturated rings. The summed E-state index contributed by atoms with van der Waals surface area (Å²) in [4.78, 5) is 23.0. The molecule has 1 unspecified atom stereocenters. The van der Waals surface area contributed by atoms with Crippen LogP contribution >= 0.6 is 0 Å². The zero-order chi connectivity index (χ0) is 15.0. The highest BCUT2D eigenvalue weighted by molar-refractivity contribution is 5.94. The zero-order valence-electron chi connectivity index (χ0n) is 12.0. The van der Waals surface area contributed by atoms with Crippen LogP contribution in [0.15, 0.2) is 42.5 Å². The minimum Gasteiger partial charge on any atom is -0.468 e. The van der Waals surface area contributed by atoms with Crippen LogP contribution in [-0.4, -0.2) is 26.2 Å². The Labute approximate surface area is 119 Å². The van der Waals surface area contributed by atoms with Crippen molar-refractivity contribution in [2.45, 2.75) is 19.3 Å². The van der Waals surface area contributed by atoms with Gasteiger partial charge in [0.1, 0.15) is 0 Å². The van der Waals surface area contributed by atoms with Crippen LogP contribution in [0.1, 0.15) is 24.8 Å². The summed E-state index contributed by atoms with van der Waals surface area (Å²) >= 11 is 0. The van der Waals surface area contributed by atoms with Crippen LogP contribution in [-0.2, 0) is 19.1 Å². The van der Waals surface area contributed by atoms with Crippen molar-refractivity contribution in [3.05, 3.63) is 48.0 Å². The van der Waals surface area contributed by atoms with E-state index >= 15 is 0 Å². The lowest BCUT2D eigenvalue weighted by molar-refractivity contribution is -0.158. The summed E-state index contributed by atoms with van der Waals surface area (Å²) in [6, 6.07) is 9.99. The van der Waals surface area contributed by atoms with E-state index in [0.29, 0.717) is 0 Å². The number of carbonyl (C=O) groups is 2. The standard InChI is InChI=1S/C16H20O4/c1-12(13-9-5-4-6-10-13)8-7-11-14(15(17)19-2)16(18)20-3/h4-10,12,14H,11H2,1-3H3/b8-7+. The minimum absolute atomic E-state index is 0.215. The van der Waals surface area contributed by atoms with Gasteiger partial charge in [0.25, 0.3) is 0 Å². The van der Waals surface area contributed by atoms with Crippen LogP contribution in [0.3, 0.4) is 0 Å². The highest BCUT2D eigenvalue weighted by Gasteiger charge is 2.27. The fraction of sp³-hybridized carbons (Fsp3) is 0.375. The third-order valence-electron chi connectivity index (χ3n) is 3.09. The molecule has 0 spiro atoms. The number of rotatable bonds is 6. The number of carbonyl (C=O) groups excluding carboxylic acids is 2. The summed E-state index contributed by atoms with van der Waals surface area (Å²) in [5.41, 5.74) is 1.18. The van der Waals surface area contributed by atoms with Gasteiger partial charge in [0.15, 0.2) is 5.92 Å². The molecule has 0 saturated heterocycles. The highest BCUT2D eigenvalue weighted by Crippen LogP contribution is 2.17. The predicted octanol–water partition coefficient (Wildman–Crippen LogP) is 2.70. The lowest BCUT2D eigenvalue weighted by atomic mass is 9.99. The van der Waals surface area contributed by atoms with Gasteiger partial charge in [-0.25, -0.2) is 0 Å². The molecule has 1 rings (SSSR count). The average Bonchev–Trinajstić information content (AvgIpc) is 2.50. The first-order valence-corrected chi connectivity index (χ1v) is 6.47. The molecule has 4 heteroatoms. The molecule has 0 amide bonds. The molecule has 1 aromatic rings. The molecule has 20 heavy (non-hydrogen) atoms. The number of allylic oxidation sites excluding steroid dienone is 2. The molecule has 1 atom stereocenters. The van der Waals surface area contributed by atoms with Crippen molar-refractivity contribution in [3.63, 3.8) is 0 Å². The Bertz CT molecular complexity index is 449. The second kappa shape index (κ2) is 8.15. The number of benzene rings is 1. The lowest BCUT2D eigenvalue weighted by Gasteiger charge is -2.10. The number of hydrogen-bond acceptors (Lipinski definition) is 4. The fourth-order valence-electron chi connectivity index (χ4n) is 1.86. The van der Waals surface area contributed by atoms with Crippen molar-refractivity contribution < 1.29 is 19.1 Å². The van der Waals surface area contributed by atoms with Crippen molar-refractivity contribution in [1.82, 2.24) is 0 Å². The Kier molecular flexibility index (Phi) is 6.50. The zero-order valence-corrected chi connectivity index (χ0v) is 12.0. The minimum atomic E-state index is -0.899. The molecule has 0 radical (unpaired) electrons. The first kappa shape index (κ1) is 16.0. The average molecular weight is 276 g/mol. The van der Waals surface area contributed by atoms with Gasteiger partial charge in [0, 0.05) is 0 Å². The maximum Gasteiger partial charge on any atom is 0.320 e. The number of esters is 2. The van der Waals surface area contributed by atoms with Crippen LogP contribution in [0.5, 0.6) is 0 Å². The van der Waals surface area contributed by atoms with E-state index in [1.165, 1.54) is 19.8 Å². The molecule has 0 bridgehead atoms. The smallest absolute Gasteiger partial charge is 0.320 e. The van der Waals surface area contributed by atoms with Crippen LogP contribution in [0.25, 0.3) is 0 Å². The van der Waals surface area contributed by atoms with Gasteiger partial charge in [0.2, 0.25) is 0 Å². The topological polar surface area (TPSA) is 52.6 Å². The fourth-order valence-corrected chi connectivity index (χ4v) is 1.86. The third kappa shape index (κ3) is 4.53. The molecule has 0 saturated carbocycles. The first-order chi connectivity index (χ1) is 9.60. The van der Waals surface area contributed by atoms with Gasteiger partial charge >= 0.3 is 11.9 Å². The van der Waals surface area contributed by atoms with Gasteiger partial charge in [-0.3, -0.25) is 9.59 Å². The van der Waals surface area contributed by atoms with E-state index in [4.69, 9.17) is 0 Å². The molecule has 108 valence electrons. The normalized spacial score (nSPS) is 12.4. The Morgan fingerprint density at radius 1 is 1.10 bits per heavy atom. The van der Waals surface area contributed by atoms with Crippen molar-refractivity contribution >= 4 is 11.9 Å². The van der Waals surface area contributed by atoms with Crippen molar-refractivity contribution in [3.8, 4) is 0 Å². The third-order valence-corrected chi connectivity index (χ3v) is 3.09. The molecule has 0 aliphatic rings. The summed E-state index contributed by atoms with van der Waals surface area (Å²) in [6.45, 7) is 2.05. The Hall–Kier alpha value is -2.10. The monoisotopic (exact) mass is 276 g/mol. The highest BCUT2D eigenvalue weighted by atomic mass is 16.5. The summed E-state index contributed by atoms with van der Waals surface area (Å²) in [7, 11) is 2.52. The Morgan fingerprint density at radius 2 is 1.65 bits per heavy atom. The molecule has 1 aromatic carbocycles. The quantitative estimate of drug-likeness (QED) is 0.455. The van der Waals surface area contributed by atoms with Gasteiger partial charge < -0.3 is 9.47 Å². The number of methoxy groups -OCH3 is 2. The van der Waals surface area contributed by atoms with Crippen LogP contribution in [0.2, 0.25) is 0 Å². The molecule has 4 nitrogen and oxygen atoms in total. The van der Waals surface area contributed by atoms with Gasteiger partial charge in [-0.15, -0.1) is 0 Å². The summed E-state index contributed by atoms with van der Waals surface area (Å²) in [6.07, 6.45) is 4.06. The van der Waals surface area contributed by atoms with Crippen LogP contribution in [0, 0.1) is 5.92 Å². The van der Waals surface area contributed by atoms with Gasteiger partial charge in [-0.05, 0) is 17.9 Å². The number of hydrogen-bond donors (Lipinski definition) is 0. The second-order valence-electron chi connectivity index (χ2n) is 4.46. The molecule has 0 aromatic heterocycles. The van der Waals surface area contributed by atoms with Crippen LogP contribution in [0.4, 0.5) is 0 Å². The summed E-state index contributed by atoms with van der Waals surface area (Å²) in [5, 5.41) is 0. The number of ether oxygens (including phenoxy) is 2. The first-order valence-electron chi connectivity index (χ1n) is 6.47. The summed E-state index contributed by atoms with van der Waals surface area (Å²) in [5.74, 6) is -1.83. The van der Waals surface area contributed by atoms with Crippen molar-refractivity contribution in [2.75, 3.05) is 14.2 Å². The Balaban J connectivity index is 2.65. The molecular weight excluding hydrogens is 256 g/mol. The van der Waals surface area contributed by atoms with E-state index in [2.05, 4.69) is 16.4 Å². The van der Waals surface area contributed by atoms with E-state index in [9.17, 15) is 9.59 Å². The largest absolute Gasteiger partial charge is 0.468 e. The lowest BCUT2D eigenvalue weighted by Crippen LogP contribution is -2.25. The van der Waals surface area contributed by atoms with E-state index in [1.807, 2.05) is 42.5 Å². The summed E-state index contributed by atoms with van der Waals surface area (Å²) < 4.78 is 9.21. The molecule has 0 heterocycles. The van der Waals surface area contributed by atoms with E-state index in [0.717, 1.165) is 0 Å². The SMILES string of the molecule is COC(=O)C(C/C=C/C(C)c1ccccc1)C(=O)OC. The van der Waals surface area contributed by atoms with E-state index in [1.54, 1.807) is 0 Å².